The van der Waals surface area contributed by atoms with E-state index in [4.69, 9.17) is 11.6 Å². The Balaban J connectivity index is 2.40. The lowest BCUT2D eigenvalue weighted by Gasteiger charge is -2.02. The topological polar surface area (TPSA) is 12.4 Å². The van der Waals surface area contributed by atoms with Gasteiger partial charge in [-0.2, -0.15) is 0 Å². The van der Waals surface area contributed by atoms with Crippen LogP contribution in [0.3, 0.4) is 0 Å². The average molecular weight is 198 g/mol. The lowest BCUT2D eigenvalue weighted by Crippen LogP contribution is -1.97. The summed E-state index contributed by atoms with van der Waals surface area (Å²) < 4.78 is 12.7. The van der Waals surface area contributed by atoms with E-state index in [9.17, 15) is 4.39 Å². The van der Waals surface area contributed by atoms with Crippen LogP contribution in [0.25, 0.3) is 0 Å². The van der Waals surface area contributed by atoms with Crippen molar-refractivity contribution in [3.8, 4) is 0 Å². The van der Waals surface area contributed by atoms with Crippen LogP contribution in [0.15, 0.2) is 23.2 Å². The Morgan fingerprint density at radius 3 is 2.85 bits per heavy atom. The first-order valence-electron chi connectivity index (χ1n) is 4.26. The van der Waals surface area contributed by atoms with Crippen molar-refractivity contribution in [2.75, 3.05) is 6.54 Å². The van der Waals surface area contributed by atoms with Gasteiger partial charge in [-0.05, 0) is 31.0 Å². The molecule has 1 aromatic carbocycles. The summed E-state index contributed by atoms with van der Waals surface area (Å²) in [6.45, 7) is 0.864. The second-order valence-corrected chi connectivity index (χ2v) is 3.46. The Labute approximate surface area is 81.2 Å². The third kappa shape index (κ3) is 1.73. The van der Waals surface area contributed by atoms with Crippen LogP contribution in [0.2, 0.25) is 5.02 Å². The predicted octanol–water partition coefficient (Wildman–Crippen LogP) is 3.06. The number of aliphatic imine (C=N–C) groups is 1. The molecule has 0 atom stereocenters. The summed E-state index contributed by atoms with van der Waals surface area (Å²) in [5, 5.41) is 0.459. The summed E-state index contributed by atoms with van der Waals surface area (Å²) >= 11 is 5.89. The first-order valence-corrected chi connectivity index (χ1v) is 4.64. The van der Waals surface area contributed by atoms with Gasteiger partial charge in [0.05, 0.1) is 5.02 Å². The number of benzene rings is 1. The molecule has 0 amide bonds. The summed E-state index contributed by atoms with van der Waals surface area (Å²) in [7, 11) is 0. The lowest BCUT2D eigenvalue weighted by molar-refractivity contribution is 0.628. The minimum atomic E-state index is -0.299. The minimum absolute atomic E-state index is 0.299. The van der Waals surface area contributed by atoms with Crippen molar-refractivity contribution in [3.63, 3.8) is 0 Å². The van der Waals surface area contributed by atoms with Crippen molar-refractivity contribution in [1.29, 1.82) is 0 Å². The van der Waals surface area contributed by atoms with E-state index in [1.165, 1.54) is 12.1 Å². The van der Waals surface area contributed by atoms with Gasteiger partial charge in [-0.25, -0.2) is 4.39 Å². The Morgan fingerprint density at radius 1 is 1.38 bits per heavy atom. The number of nitrogens with zero attached hydrogens (tertiary/aromatic N) is 1. The summed E-state index contributed by atoms with van der Waals surface area (Å²) in [4.78, 5) is 4.31. The lowest BCUT2D eigenvalue weighted by atomic mass is 10.1. The number of hydrogen-bond acceptors (Lipinski definition) is 1. The molecule has 68 valence electrons. The van der Waals surface area contributed by atoms with Crippen molar-refractivity contribution in [2.45, 2.75) is 12.8 Å². The van der Waals surface area contributed by atoms with E-state index in [0.717, 1.165) is 30.7 Å². The summed E-state index contributed by atoms with van der Waals surface area (Å²) in [5.74, 6) is -0.299. The highest BCUT2D eigenvalue weighted by molar-refractivity contribution is 6.34. The molecule has 0 unspecified atom stereocenters. The zero-order valence-corrected chi connectivity index (χ0v) is 7.81. The van der Waals surface area contributed by atoms with Crippen molar-refractivity contribution >= 4 is 17.3 Å². The highest BCUT2D eigenvalue weighted by Crippen LogP contribution is 2.22. The molecule has 13 heavy (non-hydrogen) atoms. The largest absolute Gasteiger partial charge is 0.289 e. The molecule has 0 saturated heterocycles. The van der Waals surface area contributed by atoms with Gasteiger partial charge >= 0.3 is 0 Å². The fourth-order valence-electron chi connectivity index (χ4n) is 1.48. The smallest absolute Gasteiger partial charge is 0.124 e. The maximum Gasteiger partial charge on any atom is 0.124 e. The van der Waals surface area contributed by atoms with Crippen LogP contribution < -0.4 is 0 Å². The zero-order chi connectivity index (χ0) is 9.26. The molecule has 0 radical (unpaired) electrons. The maximum absolute atomic E-state index is 12.7. The minimum Gasteiger partial charge on any atom is -0.289 e. The SMILES string of the molecule is Fc1ccc(C2=NCCC2)c(Cl)c1. The molecule has 0 spiro atoms. The third-order valence-electron chi connectivity index (χ3n) is 2.12. The van der Waals surface area contributed by atoms with Gasteiger partial charge in [-0.1, -0.05) is 11.6 Å². The molecule has 1 aliphatic heterocycles. The summed E-state index contributed by atoms with van der Waals surface area (Å²) in [6, 6.07) is 4.45. The van der Waals surface area contributed by atoms with Crippen LogP contribution in [0.1, 0.15) is 18.4 Å². The second kappa shape index (κ2) is 3.46. The molecular formula is C10H9ClFN. The van der Waals surface area contributed by atoms with E-state index in [2.05, 4.69) is 4.99 Å². The maximum atomic E-state index is 12.7. The van der Waals surface area contributed by atoms with E-state index >= 15 is 0 Å². The van der Waals surface area contributed by atoms with Crippen molar-refractivity contribution in [1.82, 2.24) is 0 Å². The normalized spacial score (nSPS) is 16.0. The molecule has 0 saturated carbocycles. The molecule has 1 aromatic rings. The van der Waals surface area contributed by atoms with E-state index in [-0.39, 0.29) is 5.82 Å². The molecule has 0 aliphatic carbocycles. The first-order chi connectivity index (χ1) is 6.27. The molecule has 1 aliphatic rings. The average Bonchev–Trinajstić information content (AvgIpc) is 2.56. The molecule has 0 aromatic heterocycles. The number of rotatable bonds is 1. The third-order valence-corrected chi connectivity index (χ3v) is 2.43. The van der Waals surface area contributed by atoms with Gasteiger partial charge in [0, 0.05) is 17.8 Å². The van der Waals surface area contributed by atoms with Gasteiger partial charge in [0.2, 0.25) is 0 Å². The first kappa shape index (κ1) is 8.70. The second-order valence-electron chi connectivity index (χ2n) is 3.06. The molecule has 1 nitrogen and oxygen atoms in total. The summed E-state index contributed by atoms with van der Waals surface area (Å²) in [6.07, 6.45) is 2.02. The van der Waals surface area contributed by atoms with Gasteiger partial charge in [0.25, 0.3) is 0 Å². The zero-order valence-electron chi connectivity index (χ0n) is 7.06. The Kier molecular flexibility index (Phi) is 2.32. The van der Waals surface area contributed by atoms with E-state index < -0.39 is 0 Å². The van der Waals surface area contributed by atoms with Gasteiger partial charge in [0.1, 0.15) is 5.82 Å². The van der Waals surface area contributed by atoms with Crippen molar-refractivity contribution < 1.29 is 4.39 Å². The van der Waals surface area contributed by atoms with E-state index in [1.54, 1.807) is 6.07 Å². The Morgan fingerprint density at radius 2 is 2.23 bits per heavy atom. The van der Waals surface area contributed by atoms with E-state index in [1.807, 2.05) is 0 Å². The molecule has 3 heteroatoms. The van der Waals surface area contributed by atoms with Gasteiger partial charge in [0.15, 0.2) is 0 Å². The van der Waals surface area contributed by atoms with Gasteiger partial charge in [-0.3, -0.25) is 4.99 Å². The standard InChI is InChI=1S/C10H9ClFN/c11-9-6-7(12)3-4-8(9)10-2-1-5-13-10/h3-4,6H,1-2,5H2. The van der Waals surface area contributed by atoms with Crippen LogP contribution in [0.4, 0.5) is 4.39 Å². The molecule has 1 heterocycles. The van der Waals surface area contributed by atoms with Crippen LogP contribution in [-0.4, -0.2) is 12.3 Å². The fourth-order valence-corrected chi connectivity index (χ4v) is 1.76. The molecule has 2 rings (SSSR count). The fraction of sp³-hybridized carbons (Fsp3) is 0.300. The van der Waals surface area contributed by atoms with Crippen LogP contribution >= 0.6 is 11.6 Å². The monoisotopic (exact) mass is 197 g/mol. The Hall–Kier alpha value is -0.890. The Bertz CT molecular complexity index is 360. The molecular weight excluding hydrogens is 189 g/mol. The van der Waals surface area contributed by atoms with Crippen LogP contribution in [0, 0.1) is 5.82 Å². The van der Waals surface area contributed by atoms with Gasteiger partial charge in [-0.15, -0.1) is 0 Å². The molecule has 0 bridgehead atoms. The number of hydrogen-bond donors (Lipinski definition) is 0. The van der Waals surface area contributed by atoms with Gasteiger partial charge < -0.3 is 0 Å². The predicted molar refractivity (Wildman–Crippen MR) is 52.0 cm³/mol. The van der Waals surface area contributed by atoms with E-state index in [0.29, 0.717) is 5.02 Å². The summed E-state index contributed by atoms with van der Waals surface area (Å²) in [5.41, 5.74) is 1.88. The van der Waals surface area contributed by atoms with Crippen LogP contribution in [-0.2, 0) is 0 Å². The molecule has 0 N–H and O–H groups in total. The quantitative estimate of drug-likeness (QED) is 0.656. The van der Waals surface area contributed by atoms with Crippen molar-refractivity contribution in [3.05, 3.63) is 34.6 Å². The van der Waals surface area contributed by atoms with Crippen molar-refractivity contribution in [2.24, 2.45) is 4.99 Å². The highest BCUT2D eigenvalue weighted by atomic mass is 35.5. The molecule has 0 fully saturated rings. The number of halogens is 2. The van der Waals surface area contributed by atoms with Crippen LogP contribution in [0.5, 0.6) is 0 Å². The highest BCUT2D eigenvalue weighted by Gasteiger charge is 2.12.